The molecule has 1 aliphatic heterocycles. The van der Waals surface area contributed by atoms with E-state index in [2.05, 4.69) is 25.0 Å². The highest BCUT2D eigenvalue weighted by Crippen LogP contribution is 2.27. The monoisotopic (exact) mass is 527 g/mol. The highest BCUT2D eigenvalue weighted by atomic mass is 32.2. The summed E-state index contributed by atoms with van der Waals surface area (Å²) in [6.45, 7) is 3.82. The van der Waals surface area contributed by atoms with Crippen molar-refractivity contribution >= 4 is 39.2 Å². The van der Waals surface area contributed by atoms with Gasteiger partial charge in [0, 0.05) is 51.6 Å². The normalized spacial score (nSPS) is 15.7. The van der Waals surface area contributed by atoms with Crippen LogP contribution in [0, 0.1) is 11.6 Å². The Hall–Kier alpha value is -3.91. The standard InChI is InChI=1S/C23H23F2N9O2S/c1-37(35)18-12-16(14(24)11-15(18)25)32-7-4-31(5-8-32)6-9-33-13-27-19-21(33)29-23(26)34-22(19)28-20(30-34)17-3-2-10-36-17/h2-3,10-13H,4-9H2,1H3,(H2,26,29)/t37-/m0/s1. The van der Waals surface area contributed by atoms with E-state index in [1.54, 1.807) is 24.7 Å². The quantitative estimate of drug-likeness (QED) is 0.354. The van der Waals surface area contributed by atoms with Gasteiger partial charge in [0.1, 0.15) is 11.6 Å². The first kappa shape index (κ1) is 23.5. The van der Waals surface area contributed by atoms with Crippen molar-refractivity contribution in [1.82, 2.24) is 34.0 Å². The van der Waals surface area contributed by atoms with Gasteiger partial charge in [0.25, 0.3) is 0 Å². The number of anilines is 2. The zero-order valence-electron chi connectivity index (χ0n) is 19.8. The molecular weight excluding hydrogens is 504 g/mol. The maximum Gasteiger partial charge on any atom is 0.225 e. The van der Waals surface area contributed by atoms with E-state index >= 15 is 0 Å². The first-order chi connectivity index (χ1) is 17.9. The minimum atomic E-state index is -1.54. The highest BCUT2D eigenvalue weighted by molar-refractivity contribution is 7.84. The van der Waals surface area contributed by atoms with Gasteiger partial charge in [-0.1, -0.05) is 0 Å². The van der Waals surface area contributed by atoms with Crippen LogP contribution < -0.4 is 10.6 Å². The van der Waals surface area contributed by atoms with Gasteiger partial charge in [0.05, 0.1) is 34.0 Å². The molecule has 14 heteroatoms. The molecule has 1 atom stereocenters. The van der Waals surface area contributed by atoms with Crippen LogP contribution in [0.1, 0.15) is 0 Å². The molecule has 0 amide bonds. The third-order valence-corrected chi connectivity index (χ3v) is 7.42. The van der Waals surface area contributed by atoms with Gasteiger partial charge in [-0.2, -0.15) is 9.50 Å². The van der Waals surface area contributed by atoms with Crippen molar-refractivity contribution in [3.8, 4) is 11.6 Å². The molecule has 1 saturated heterocycles. The fraction of sp³-hybridized carbons (Fsp3) is 0.304. The van der Waals surface area contributed by atoms with Crippen LogP contribution in [0.25, 0.3) is 28.4 Å². The molecule has 1 aromatic carbocycles. The number of benzene rings is 1. The molecule has 37 heavy (non-hydrogen) atoms. The van der Waals surface area contributed by atoms with Crippen LogP contribution in [-0.2, 0) is 17.3 Å². The minimum absolute atomic E-state index is 0.00986. The van der Waals surface area contributed by atoms with Crippen molar-refractivity contribution < 1.29 is 17.4 Å². The van der Waals surface area contributed by atoms with Gasteiger partial charge in [0.15, 0.2) is 22.6 Å². The van der Waals surface area contributed by atoms with Crippen molar-refractivity contribution in [1.29, 1.82) is 0 Å². The number of hydrogen-bond acceptors (Lipinski definition) is 9. The number of fused-ring (bicyclic) bond motifs is 3. The van der Waals surface area contributed by atoms with E-state index in [1.165, 1.54) is 16.8 Å². The van der Waals surface area contributed by atoms with Gasteiger partial charge in [-0.25, -0.2) is 18.7 Å². The van der Waals surface area contributed by atoms with Gasteiger partial charge < -0.3 is 19.6 Å². The average molecular weight is 528 g/mol. The molecule has 4 aromatic heterocycles. The molecule has 0 saturated carbocycles. The third-order valence-electron chi connectivity index (χ3n) is 6.49. The number of aromatic nitrogens is 6. The first-order valence-corrected chi connectivity index (χ1v) is 13.2. The van der Waals surface area contributed by atoms with E-state index < -0.39 is 22.4 Å². The van der Waals surface area contributed by atoms with Crippen molar-refractivity contribution in [3.63, 3.8) is 0 Å². The van der Waals surface area contributed by atoms with Gasteiger partial charge in [0.2, 0.25) is 11.8 Å². The van der Waals surface area contributed by atoms with Crippen LogP contribution in [0.15, 0.2) is 46.2 Å². The molecule has 11 nitrogen and oxygen atoms in total. The summed E-state index contributed by atoms with van der Waals surface area (Å²) in [4.78, 5) is 17.7. The van der Waals surface area contributed by atoms with Gasteiger partial charge in [-0.05, 0) is 18.2 Å². The first-order valence-electron chi connectivity index (χ1n) is 11.6. The maximum atomic E-state index is 14.4. The summed E-state index contributed by atoms with van der Waals surface area (Å²) < 4.78 is 48.9. The van der Waals surface area contributed by atoms with Crippen molar-refractivity contribution in [2.45, 2.75) is 11.4 Å². The second-order valence-corrected chi connectivity index (χ2v) is 10.1. The highest BCUT2D eigenvalue weighted by Gasteiger charge is 2.23. The molecule has 1 aliphatic rings. The molecule has 192 valence electrons. The smallest absolute Gasteiger partial charge is 0.225 e. The Morgan fingerprint density at radius 2 is 1.89 bits per heavy atom. The molecule has 0 radical (unpaired) electrons. The number of furan rings is 1. The summed E-state index contributed by atoms with van der Waals surface area (Å²) >= 11 is 0. The molecule has 0 aliphatic carbocycles. The molecule has 5 aromatic rings. The molecular formula is C23H23F2N9O2S. The summed E-state index contributed by atoms with van der Waals surface area (Å²) in [5.41, 5.74) is 8.13. The number of piperazine rings is 1. The minimum Gasteiger partial charge on any atom is -0.461 e. The Labute approximate surface area is 212 Å². The van der Waals surface area contributed by atoms with E-state index in [-0.39, 0.29) is 16.5 Å². The second-order valence-electron chi connectivity index (χ2n) is 8.75. The molecule has 6 rings (SSSR count). The lowest BCUT2D eigenvalue weighted by Crippen LogP contribution is -2.47. The predicted octanol–water partition coefficient (Wildman–Crippen LogP) is 2.15. The Morgan fingerprint density at radius 3 is 2.62 bits per heavy atom. The maximum absolute atomic E-state index is 14.4. The summed E-state index contributed by atoms with van der Waals surface area (Å²) in [5, 5.41) is 4.39. The zero-order chi connectivity index (χ0) is 25.7. The molecule has 5 heterocycles. The Bertz CT molecular complexity index is 1620. The van der Waals surface area contributed by atoms with E-state index in [4.69, 9.17) is 10.2 Å². The van der Waals surface area contributed by atoms with Crippen molar-refractivity contribution in [2.75, 3.05) is 49.6 Å². The van der Waals surface area contributed by atoms with Crippen LogP contribution in [0.3, 0.4) is 0 Å². The van der Waals surface area contributed by atoms with Gasteiger partial charge >= 0.3 is 0 Å². The Balaban J connectivity index is 1.16. The van der Waals surface area contributed by atoms with Gasteiger partial charge in [-0.3, -0.25) is 9.11 Å². The average Bonchev–Trinajstić information content (AvgIpc) is 3.63. The molecule has 0 unspecified atom stereocenters. The summed E-state index contributed by atoms with van der Waals surface area (Å²) in [5.74, 6) is -0.327. The predicted molar refractivity (Wildman–Crippen MR) is 134 cm³/mol. The fourth-order valence-corrected chi connectivity index (χ4v) is 5.16. The van der Waals surface area contributed by atoms with E-state index in [0.29, 0.717) is 67.7 Å². The summed E-state index contributed by atoms with van der Waals surface area (Å²) in [7, 11) is -1.54. The molecule has 1 fully saturated rings. The number of nitrogen functional groups attached to an aromatic ring is 1. The van der Waals surface area contributed by atoms with Crippen LogP contribution in [-0.4, -0.2) is 77.2 Å². The van der Waals surface area contributed by atoms with E-state index in [1.807, 2.05) is 9.47 Å². The lowest BCUT2D eigenvalue weighted by atomic mass is 10.2. The van der Waals surface area contributed by atoms with Crippen LogP contribution >= 0.6 is 0 Å². The fourth-order valence-electron chi connectivity index (χ4n) is 4.55. The number of halogens is 2. The topological polar surface area (TPSA) is 124 Å². The second kappa shape index (κ2) is 9.19. The summed E-state index contributed by atoms with van der Waals surface area (Å²) in [6.07, 6.45) is 4.63. The molecule has 0 spiro atoms. The summed E-state index contributed by atoms with van der Waals surface area (Å²) in [6, 6.07) is 5.69. The van der Waals surface area contributed by atoms with E-state index in [0.717, 1.165) is 6.07 Å². The van der Waals surface area contributed by atoms with E-state index in [9.17, 15) is 13.0 Å². The van der Waals surface area contributed by atoms with Gasteiger partial charge in [-0.15, -0.1) is 5.10 Å². The number of nitrogens with zero attached hydrogens (tertiary/aromatic N) is 8. The zero-order valence-corrected chi connectivity index (χ0v) is 20.7. The van der Waals surface area contributed by atoms with Crippen LogP contribution in [0.4, 0.5) is 20.4 Å². The van der Waals surface area contributed by atoms with Crippen molar-refractivity contribution in [2.24, 2.45) is 0 Å². The third kappa shape index (κ3) is 4.21. The molecule has 2 N–H and O–H groups in total. The Kier molecular flexibility index (Phi) is 5.83. The largest absolute Gasteiger partial charge is 0.461 e. The number of hydrogen-bond donors (Lipinski definition) is 1. The number of imidazole rings is 1. The lowest BCUT2D eigenvalue weighted by Gasteiger charge is -2.36. The molecule has 0 bridgehead atoms. The van der Waals surface area contributed by atoms with Crippen molar-refractivity contribution in [3.05, 3.63) is 48.5 Å². The number of nitrogens with two attached hydrogens (primary N) is 1. The Morgan fingerprint density at radius 1 is 1.08 bits per heavy atom. The van der Waals surface area contributed by atoms with Crippen LogP contribution in [0.5, 0.6) is 0 Å². The SMILES string of the molecule is C[S@](=O)c1cc(N2CCN(CCn3cnc4c3nc(N)n3nc(-c5ccco5)nc43)CC2)c(F)cc1F. The lowest BCUT2D eigenvalue weighted by molar-refractivity contribution is 0.248. The number of rotatable bonds is 6. The van der Waals surface area contributed by atoms with Crippen LogP contribution in [0.2, 0.25) is 0 Å².